The van der Waals surface area contributed by atoms with E-state index in [2.05, 4.69) is 31.0 Å². The zero-order valence-corrected chi connectivity index (χ0v) is 13.0. The minimum atomic E-state index is 0.586. The Morgan fingerprint density at radius 3 is 2.58 bits per heavy atom. The van der Waals surface area contributed by atoms with Gasteiger partial charge in [-0.1, -0.05) is 20.8 Å². The third-order valence-electron chi connectivity index (χ3n) is 4.92. The van der Waals surface area contributed by atoms with Crippen LogP contribution in [0, 0.1) is 17.8 Å². The molecule has 2 heterocycles. The van der Waals surface area contributed by atoms with Gasteiger partial charge < -0.3 is 15.0 Å². The van der Waals surface area contributed by atoms with Crippen LogP contribution >= 0.6 is 0 Å². The van der Waals surface area contributed by atoms with Crippen molar-refractivity contribution in [1.82, 2.24) is 10.2 Å². The third-order valence-corrected chi connectivity index (χ3v) is 4.92. The molecule has 0 saturated carbocycles. The third kappa shape index (κ3) is 4.44. The Bertz CT molecular complexity index is 249. The molecular formula is C16H32N2O. The smallest absolute Gasteiger partial charge is 0.0623 e. The summed E-state index contributed by atoms with van der Waals surface area (Å²) in [5, 5.41) is 3.65. The Morgan fingerprint density at radius 2 is 1.95 bits per heavy atom. The lowest BCUT2D eigenvalue weighted by Crippen LogP contribution is -2.44. The lowest BCUT2D eigenvalue weighted by molar-refractivity contribution is 0.126. The molecule has 2 fully saturated rings. The molecule has 3 heteroatoms. The maximum Gasteiger partial charge on any atom is 0.0623 e. The Morgan fingerprint density at radius 1 is 1.21 bits per heavy atom. The van der Waals surface area contributed by atoms with Gasteiger partial charge in [-0.3, -0.25) is 0 Å². The summed E-state index contributed by atoms with van der Waals surface area (Å²) in [6, 6.07) is 0.586. The molecule has 0 aliphatic carbocycles. The molecule has 0 aromatic rings. The van der Waals surface area contributed by atoms with Crippen molar-refractivity contribution in [3.63, 3.8) is 0 Å². The van der Waals surface area contributed by atoms with Gasteiger partial charge in [-0.05, 0) is 50.7 Å². The molecule has 2 rings (SSSR count). The lowest BCUT2D eigenvalue weighted by Gasteiger charge is -2.35. The van der Waals surface area contributed by atoms with Crippen LogP contribution in [-0.4, -0.2) is 50.3 Å². The second-order valence-corrected chi connectivity index (χ2v) is 6.74. The van der Waals surface area contributed by atoms with Crippen LogP contribution in [0.5, 0.6) is 0 Å². The molecule has 2 atom stereocenters. The first-order valence-corrected chi connectivity index (χ1v) is 8.24. The normalized spacial score (nSPS) is 30.3. The highest BCUT2D eigenvalue weighted by Gasteiger charge is 2.30. The van der Waals surface area contributed by atoms with Crippen molar-refractivity contribution in [3.8, 4) is 0 Å². The number of nitrogens with one attached hydrogen (secondary N) is 1. The molecule has 3 nitrogen and oxygen atoms in total. The molecule has 112 valence electrons. The summed E-state index contributed by atoms with van der Waals surface area (Å²) in [6.07, 6.45) is 3.99. The molecule has 19 heavy (non-hydrogen) atoms. The Hall–Kier alpha value is -0.120. The van der Waals surface area contributed by atoms with Crippen LogP contribution in [0.4, 0.5) is 0 Å². The molecule has 2 aliphatic rings. The van der Waals surface area contributed by atoms with Gasteiger partial charge in [0, 0.05) is 18.5 Å². The van der Waals surface area contributed by atoms with Crippen molar-refractivity contribution in [3.05, 3.63) is 0 Å². The molecule has 0 radical (unpaired) electrons. The van der Waals surface area contributed by atoms with E-state index in [0.717, 1.165) is 31.6 Å². The van der Waals surface area contributed by atoms with E-state index in [1.807, 2.05) is 0 Å². The first-order chi connectivity index (χ1) is 9.20. The standard InChI is InChI=1S/C16H32N2O/c1-4-7-17-16-12-19-11-15(16)10-18-8-5-14(6-9-18)13(2)3/h13-17H,4-12H2,1-3H3. The van der Waals surface area contributed by atoms with Crippen molar-refractivity contribution in [2.75, 3.05) is 39.4 Å². The van der Waals surface area contributed by atoms with Crippen molar-refractivity contribution in [2.45, 2.75) is 46.1 Å². The molecule has 0 aromatic heterocycles. The Kier molecular flexibility index (Phi) is 6.11. The van der Waals surface area contributed by atoms with Gasteiger partial charge in [0.25, 0.3) is 0 Å². The second kappa shape index (κ2) is 7.61. The van der Waals surface area contributed by atoms with Crippen LogP contribution in [0.2, 0.25) is 0 Å². The molecule has 0 aromatic carbocycles. The van der Waals surface area contributed by atoms with E-state index in [4.69, 9.17) is 4.74 Å². The van der Waals surface area contributed by atoms with Gasteiger partial charge in [0.2, 0.25) is 0 Å². The molecule has 0 amide bonds. The van der Waals surface area contributed by atoms with Gasteiger partial charge in [-0.25, -0.2) is 0 Å². The maximum absolute atomic E-state index is 5.68. The molecule has 1 N–H and O–H groups in total. The van der Waals surface area contributed by atoms with Crippen LogP contribution in [-0.2, 0) is 4.74 Å². The summed E-state index contributed by atoms with van der Waals surface area (Å²) >= 11 is 0. The number of hydrogen-bond acceptors (Lipinski definition) is 3. The van der Waals surface area contributed by atoms with Crippen molar-refractivity contribution in [1.29, 1.82) is 0 Å². The van der Waals surface area contributed by atoms with Gasteiger partial charge in [0.15, 0.2) is 0 Å². The van der Waals surface area contributed by atoms with Crippen LogP contribution < -0.4 is 5.32 Å². The van der Waals surface area contributed by atoms with Crippen molar-refractivity contribution < 1.29 is 4.74 Å². The number of likely N-dealkylation sites (tertiary alicyclic amines) is 1. The van der Waals surface area contributed by atoms with Crippen LogP contribution in [0.1, 0.15) is 40.0 Å². The van der Waals surface area contributed by atoms with Crippen LogP contribution in [0.3, 0.4) is 0 Å². The summed E-state index contributed by atoms with van der Waals surface area (Å²) in [5.74, 6) is 2.50. The van der Waals surface area contributed by atoms with Crippen molar-refractivity contribution >= 4 is 0 Å². The number of ether oxygens (including phenoxy) is 1. The van der Waals surface area contributed by atoms with Gasteiger partial charge in [-0.2, -0.15) is 0 Å². The summed E-state index contributed by atoms with van der Waals surface area (Å²) in [5.41, 5.74) is 0. The van der Waals surface area contributed by atoms with E-state index in [0.29, 0.717) is 12.0 Å². The molecule has 0 spiro atoms. The summed E-state index contributed by atoms with van der Waals surface area (Å²) in [4.78, 5) is 2.67. The average molecular weight is 268 g/mol. The summed E-state index contributed by atoms with van der Waals surface area (Å²) < 4.78 is 5.68. The topological polar surface area (TPSA) is 24.5 Å². The zero-order valence-electron chi connectivity index (χ0n) is 13.0. The fourth-order valence-corrected chi connectivity index (χ4v) is 3.47. The van der Waals surface area contributed by atoms with E-state index in [-0.39, 0.29) is 0 Å². The number of nitrogens with zero attached hydrogens (tertiary/aromatic N) is 1. The summed E-state index contributed by atoms with van der Waals surface area (Å²) in [7, 11) is 0. The SMILES string of the molecule is CCCNC1COCC1CN1CCC(C(C)C)CC1. The van der Waals surface area contributed by atoms with E-state index in [1.165, 1.54) is 38.9 Å². The van der Waals surface area contributed by atoms with Gasteiger partial charge in [0.05, 0.1) is 13.2 Å². The average Bonchev–Trinajstić information content (AvgIpc) is 2.84. The van der Waals surface area contributed by atoms with Gasteiger partial charge in [-0.15, -0.1) is 0 Å². The van der Waals surface area contributed by atoms with Gasteiger partial charge in [0.1, 0.15) is 0 Å². The number of hydrogen-bond donors (Lipinski definition) is 1. The number of piperidine rings is 1. The maximum atomic E-state index is 5.68. The second-order valence-electron chi connectivity index (χ2n) is 6.74. The minimum absolute atomic E-state index is 0.586. The molecule has 2 saturated heterocycles. The fraction of sp³-hybridized carbons (Fsp3) is 1.00. The quantitative estimate of drug-likeness (QED) is 0.800. The first kappa shape index (κ1) is 15.3. The van der Waals surface area contributed by atoms with Gasteiger partial charge >= 0.3 is 0 Å². The predicted octanol–water partition coefficient (Wildman–Crippen LogP) is 2.37. The predicted molar refractivity (Wildman–Crippen MR) is 80.4 cm³/mol. The lowest BCUT2D eigenvalue weighted by atomic mass is 9.86. The highest BCUT2D eigenvalue weighted by molar-refractivity contribution is 4.85. The molecule has 0 bridgehead atoms. The largest absolute Gasteiger partial charge is 0.379 e. The Balaban J connectivity index is 1.72. The minimum Gasteiger partial charge on any atom is -0.379 e. The Labute approximate surface area is 119 Å². The van der Waals surface area contributed by atoms with Crippen LogP contribution in [0.25, 0.3) is 0 Å². The molecule has 2 aliphatic heterocycles. The fourth-order valence-electron chi connectivity index (χ4n) is 3.47. The molecule has 2 unspecified atom stereocenters. The van der Waals surface area contributed by atoms with E-state index in [9.17, 15) is 0 Å². The first-order valence-electron chi connectivity index (χ1n) is 8.24. The van der Waals surface area contributed by atoms with Crippen molar-refractivity contribution in [2.24, 2.45) is 17.8 Å². The highest BCUT2D eigenvalue weighted by atomic mass is 16.5. The highest BCUT2D eigenvalue weighted by Crippen LogP contribution is 2.26. The van der Waals surface area contributed by atoms with E-state index < -0.39 is 0 Å². The monoisotopic (exact) mass is 268 g/mol. The zero-order chi connectivity index (χ0) is 13.7. The van der Waals surface area contributed by atoms with E-state index >= 15 is 0 Å². The molecular weight excluding hydrogens is 236 g/mol. The summed E-state index contributed by atoms with van der Waals surface area (Å²) in [6.45, 7) is 13.8. The van der Waals surface area contributed by atoms with Crippen LogP contribution in [0.15, 0.2) is 0 Å². The number of rotatable bonds is 6. The van der Waals surface area contributed by atoms with E-state index in [1.54, 1.807) is 0 Å².